The van der Waals surface area contributed by atoms with Crippen LogP contribution in [0, 0.1) is 10.1 Å². The van der Waals surface area contributed by atoms with Gasteiger partial charge in [-0.1, -0.05) is 15.9 Å². The van der Waals surface area contributed by atoms with Crippen molar-refractivity contribution in [3.8, 4) is 0 Å². The number of aliphatic hydroxyl groups excluding tert-OH is 1. The molecule has 1 aromatic carbocycles. The van der Waals surface area contributed by atoms with Crippen LogP contribution in [0.2, 0.25) is 0 Å². The number of hydrogen-bond donors (Lipinski definition) is 2. The molecule has 0 aliphatic carbocycles. The minimum atomic E-state index is -0.410. The number of aliphatic hydroxyl groups is 1. The zero-order valence-electron chi connectivity index (χ0n) is 8.81. The predicted molar refractivity (Wildman–Crippen MR) is 64.2 cm³/mol. The second-order valence-electron chi connectivity index (χ2n) is 3.49. The maximum Gasteiger partial charge on any atom is 0.273 e. The molecule has 0 heterocycles. The number of halogens is 1. The van der Waals surface area contributed by atoms with Crippen LogP contribution in [0.15, 0.2) is 22.7 Å². The van der Waals surface area contributed by atoms with E-state index in [2.05, 4.69) is 21.2 Å². The van der Waals surface area contributed by atoms with E-state index in [0.717, 1.165) is 4.47 Å². The lowest BCUT2D eigenvalue weighted by atomic mass is 10.1. The van der Waals surface area contributed by atoms with E-state index in [1.807, 2.05) is 6.92 Å². The number of nitro groups is 1. The van der Waals surface area contributed by atoms with Crippen LogP contribution in [-0.4, -0.2) is 22.7 Å². The van der Waals surface area contributed by atoms with Crippen molar-refractivity contribution in [3.05, 3.63) is 38.3 Å². The fourth-order valence-electron chi connectivity index (χ4n) is 1.22. The third kappa shape index (κ3) is 3.55. The highest BCUT2D eigenvalue weighted by Crippen LogP contribution is 2.22. The van der Waals surface area contributed by atoms with E-state index in [9.17, 15) is 10.1 Å². The van der Waals surface area contributed by atoms with Crippen molar-refractivity contribution >= 4 is 21.6 Å². The molecule has 1 rings (SSSR count). The lowest BCUT2D eigenvalue weighted by Crippen LogP contribution is -2.28. The van der Waals surface area contributed by atoms with E-state index in [0.29, 0.717) is 12.1 Å². The summed E-state index contributed by atoms with van der Waals surface area (Å²) in [5, 5.41) is 22.6. The van der Waals surface area contributed by atoms with E-state index in [1.165, 1.54) is 6.07 Å². The maximum atomic E-state index is 10.8. The Hall–Kier alpha value is -0.980. The molecular formula is C10H13BrN2O3. The van der Waals surface area contributed by atoms with Crippen LogP contribution < -0.4 is 5.32 Å². The first-order valence-corrected chi connectivity index (χ1v) is 5.61. The largest absolute Gasteiger partial charge is 0.395 e. The minimum Gasteiger partial charge on any atom is -0.395 e. The van der Waals surface area contributed by atoms with Crippen molar-refractivity contribution in [2.24, 2.45) is 0 Å². The van der Waals surface area contributed by atoms with Gasteiger partial charge in [0.1, 0.15) is 0 Å². The van der Waals surface area contributed by atoms with Crippen molar-refractivity contribution in [1.29, 1.82) is 0 Å². The van der Waals surface area contributed by atoms with Crippen molar-refractivity contribution in [3.63, 3.8) is 0 Å². The molecule has 1 aromatic rings. The number of nitrogens with zero attached hydrogens (tertiary/aromatic N) is 1. The predicted octanol–water partition coefficient (Wildman–Crippen LogP) is 1.83. The summed E-state index contributed by atoms with van der Waals surface area (Å²) in [5.74, 6) is 0. The Morgan fingerprint density at radius 1 is 1.62 bits per heavy atom. The topological polar surface area (TPSA) is 75.4 Å². The van der Waals surface area contributed by atoms with Crippen LogP contribution in [0.1, 0.15) is 12.5 Å². The first kappa shape index (κ1) is 13.1. The highest BCUT2D eigenvalue weighted by atomic mass is 79.9. The summed E-state index contributed by atoms with van der Waals surface area (Å²) in [6.07, 6.45) is 0. The van der Waals surface area contributed by atoms with Gasteiger partial charge in [0, 0.05) is 28.7 Å². The molecule has 6 heteroatoms. The highest BCUT2D eigenvalue weighted by molar-refractivity contribution is 9.10. The molecular weight excluding hydrogens is 276 g/mol. The first-order chi connectivity index (χ1) is 7.54. The summed E-state index contributed by atoms with van der Waals surface area (Å²) in [6.45, 7) is 2.17. The second kappa shape index (κ2) is 5.93. The van der Waals surface area contributed by atoms with E-state index >= 15 is 0 Å². The maximum absolute atomic E-state index is 10.8. The second-order valence-corrected chi connectivity index (χ2v) is 4.41. The summed E-state index contributed by atoms with van der Waals surface area (Å²) in [4.78, 5) is 10.4. The van der Waals surface area contributed by atoms with Gasteiger partial charge < -0.3 is 10.4 Å². The van der Waals surface area contributed by atoms with Gasteiger partial charge in [0.25, 0.3) is 5.69 Å². The molecule has 0 fully saturated rings. The molecule has 0 unspecified atom stereocenters. The summed E-state index contributed by atoms with van der Waals surface area (Å²) in [6, 6.07) is 4.72. The van der Waals surface area contributed by atoms with E-state index in [4.69, 9.17) is 5.11 Å². The Labute approximate surface area is 102 Å². The number of nitro benzene ring substituents is 1. The molecule has 0 saturated heterocycles. The minimum absolute atomic E-state index is 0.00179. The van der Waals surface area contributed by atoms with E-state index in [1.54, 1.807) is 12.1 Å². The number of nitrogens with one attached hydrogen (secondary N) is 1. The molecule has 16 heavy (non-hydrogen) atoms. The summed E-state index contributed by atoms with van der Waals surface area (Å²) >= 11 is 3.27. The van der Waals surface area contributed by atoms with Gasteiger partial charge >= 0.3 is 0 Å². The van der Waals surface area contributed by atoms with Crippen LogP contribution >= 0.6 is 15.9 Å². The zero-order valence-corrected chi connectivity index (χ0v) is 10.4. The molecule has 1 atom stereocenters. The van der Waals surface area contributed by atoms with E-state index in [-0.39, 0.29) is 18.3 Å². The van der Waals surface area contributed by atoms with Gasteiger partial charge in [-0.3, -0.25) is 10.1 Å². The number of benzene rings is 1. The molecule has 0 bridgehead atoms. The van der Waals surface area contributed by atoms with Gasteiger partial charge in [-0.15, -0.1) is 0 Å². The van der Waals surface area contributed by atoms with Gasteiger partial charge in [0.15, 0.2) is 0 Å². The normalized spacial score (nSPS) is 12.4. The molecule has 0 aromatic heterocycles. The fourth-order valence-corrected chi connectivity index (χ4v) is 1.63. The van der Waals surface area contributed by atoms with Crippen molar-refractivity contribution in [2.75, 3.05) is 6.61 Å². The smallest absolute Gasteiger partial charge is 0.273 e. The quantitative estimate of drug-likeness (QED) is 0.640. The van der Waals surface area contributed by atoms with Crippen LogP contribution in [0.4, 0.5) is 5.69 Å². The summed E-state index contributed by atoms with van der Waals surface area (Å²) in [7, 11) is 0. The third-order valence-corrected chi connectivity index (χ3v) is 2.65. The highest BCUT2D eigenvalue weighted by Gasteiger charge is 2.13. The number of rotatable bonds is 5. The Morgan fingerprint density at radius 3 is 2.88 bits per heavy atom. The molecule has 2 N–H and O–H groups in total. The SMILES string of the molecule is C[C@H](CO)NCc1cc(Br)ccc1[N+](=O)[O-]. The van der Waals surface area contributed by atoms with Crippen LogP contribution in [0.3, 0.4) is 0 Å². The van der Waals surface area contributed by atoms with Gasteiger partial charge in [0.05, 0.1) is 11.5 Å². The van der Waals surface area contributed by atoms with Crippen molar-refractivity contribution < 1.29 is 10.0 Å². The molecule has 0 radical (unpaired) electrons. The average Bonchev–Trinajstić information content (AvgIpc) is 2.25. The van der Waals surface area contributed by atoms with Crippen molar-refractivity contribution in [1.82, 2.24) is 5.32 Å². The first-order valence-electron chi connectivity index (χ1n) is 4.81. The molecule has 5 nitrogen and oxygen atoms in total. The molecule has 0 aliphatic heterocycles. The molecule has 0 aliphatic rings. The molecule has 0 spiro atoms. The lowest BCUT2D eigenvalue weighted by molar-refractivity contribution is -0.385. The van der Waals surface area contributed by atoms with Crippen molar-refractivity contribution in [2.45, 2.75) is 19.5 Å². The summed E-state index contributed by atoms with van der Waals surface area (Å²) in [5.41, 5.74) is 0.681. The summed E-state index contributed by atoms with van der Waals surface area (Å²) < 4.78 is 0.798. The van der Waals surface area contributed by atoms with Gasteiger partial charge in [-0.05, 0) is 19.1 Å². The van der Waals surface area contributed by atoms with Crippen LogP contribution in [0.5, 0.6) is 0 Å². The van der Waals surface area contributed by atoms with Gasteiger partial charge in [-0.2, -0.15) is 0 Å². The molecule has 0 amide bonds. The van der Waals surface area contributed by atoms with Gasteiger partial charge in [-0.25, -0.2) is 0 Å². The Bertz CT molecular complexity index is 384. The fraction of sp³-hybridized carbons (Fsp3) is 0.400. The molecule has 0 saturated carbocycles. The van der Waals surface area contributed by atoms with Crippen LogP contribution in [-0.2, 0) is 6.54 Å². The third-order valence-electron chi connectivity index (χ3n) is 2.15. The zero-order chi connectivity index (χ0) is 12.1. The van der Waals surface area contributed by atoms with E-state index < -0.39 is 4.92 Å². The standard InChI is InChI=1S/C10H13BrN2O3/c1-7(6-14)12-5-8-4-9(11)2-3-10(8)13(15)16/h2-4,7,12,14H,5-6H2,1H3/t7-/m1/s1. The number of hydrogen-bond acceptors (Lipinski definition) is 4. The Morgan fingerprint density at radius 2 is 2.31 bits per heavy atom. The lowest BCUT2D eigenvalue weighted by Gasteiger charge is -2.10. The Balaban J connectivity index is 2.84. The molecule has 88 valence electrons. The average molecular weight is 289 g/mol. The monoisotopic (exact) mass is 288 g/mol. The Kier molecular flexibility index (Phi) is 4.85. The van der Waals surface area contributed by atoms with Crippen LogP contribution in [0.25, 0.3) is 0 Å². The van der Waals surface area contributed by atoms with Gasteiger partial charge in [0.2, 0.25) is 0 Å².